The highest BCUT2D eigenvalue weighted by molar-refractivity contribution is 7.92. The highest BCUT2D eigenvalue weighted by atomic mass is 35.5. The van der Waals surface area contributed by atoms with Crippen LogP contribution in [0.25, 0.3) is 5.65 Å². The summed E-state index contributed by atoms with van der Waals surface area (Å²) >= 11 is 11.8. The Morgan fingerprint density at radius 2 is 1.94 bits per heavy atom. The van der Waals surface area contributed by atoms with E-state index in [-0.39, 0.29) is 23.6 Å². The van der Waals surface area contributed by atoms with Crippen molar-refractivity contribution >= 4 is 50.5 Å². The zero-order valence-corrected chi connectivity index (χ0v) is 18.9. The molecule has 3 heterocycles. The number of hydrogen-bond acceptors (Lipinski definition) is 6. The second kappa shape index (κ2) is 8.61. The maximum absolute atomic E-state index is 12.7. The number of amides is 1. The van der Waals surface area contributed by atoms with Gasteiger partial charge in [-0.05, 0) is 42.7 Å². The minimum atomic E-state index is -3.48. The summed E-state index contributed by atoms with van der Waals surface area (Å²) in [5, 5.41) is 13.6. The van der Waals surface area contributed by atoms with Gasteiger partial charge in [0.25, 0.3) is 5.91 Å². The van der Waals surface area contributed by atoms with Crippen LogP contribution in [-0.4, -0.2) is 41.1 Å². The number of sulfonamides is 1. The van der Waals surface area contributed by atoms with Gasteiger partial charge in [-0.25, -0.2) is 13.4 Å². The lowest BCUT2D eigenvalue weighted by molar-refractivity contribution is 0.0942. The molecule has 0 unspecified atom stereocenters. The van der Waals surface area contributed by atoms with Crippen LogP contribution in [0.5, 0.6) is 5.75 Å². The largest absolute Gasteiger partial charge is 0.501 e. The molecule has 1 aliphatic heterocycles. The molecule has 4 rings (SSSR count). The smallest absolute Gasteiger partial charge is 0.300 e. The highest BCUT2D eigenvalue weighted by Gasteiger charge is 2.27. The fourth-order valence-electron chi connectivity index (χ4n) is 3.42. The van der Waals surface area contributed by atoms with Crippen LogP contribution < -0.4 is 15.2 Å². The van der Waals surface area contributed by atoms with Crippen molar-refractivity contribution in [2.45, 2.75) is 19.4 Å². The van der Waals surface area contributed by atoms with Crippen LogP contribution in [0.4, 0.5) is 5.69 Å². The molecule has 1 fully saturated rings. The lowest BCUT2D eigenvalue weighted by Crippen LogP contribution is -2.38. The Morgan fingerprint density at radius 3 is 2.66 bits per heavy atom. The zero-order chi connectivity index (χ0) is 23.0. The van der Waals surface area contributed by atoms with E-state index in [4.69, 9.17) is 23.2 Å². The Morgan fingerprint density at radius 1 is 1.16 bits per heavy atom. The average Bonchev–Trinajstić information content (AvgIpc) is 2.76. The summed E-state index contributed by atoms with van der Waals surface area (Å²) in [4.78, 5) is 29.3. The van der Waals surface area contributed by atoms with Crippen LogP contribution in [0.3, 0.4) is 0 Å². The van der Waals surface area contributed by atoms with Gasteiger partial charge in [-0.3, -0.25) is 18.3 Å². The van der Waals surface area contributed by atoms with Gasteiger partial charge in [0.1, 0.15) is 5.65 Å². The average molecular weight is 497 g/mol. The lowest BCUT2D eigenvalue weighted by atomic mass is 10.2. The molecule has 0 aliphatic carbocycles. The first-order valence-corrected chi connectivity index (χ1v) is 12.0. The number of pyridine rings is 1. The number of fused-ring (bicyclic) bond motifs is 1. The summed E-state index contributed by atoms with van der Waals surface area (Å²) in [6, 6.07) is 7.79. The summed E-state index contributed by atoms with van der Waals surface area (Å²) in [7, 11) is -3.48. The Labute approximate surface area is 193 Å². The first-order chi connectivity index (χ1) is 15.2. The van der Waals surface area contributed by atoms with Gasteiger partial charge < -0.3 is 10.4 Å². The molecule has 1 saturated heterocycles. The molecule has 1 aliphatic rings. The van der Waals surface area contributed by atoms with E-state index in [9.17, 15) is 23.1 Å². The number of nitrogens with zero attached hydrogens (tertiary/aromatic N) is 3. The summed E-state index contributed by atoms with van der Waals surface area (Å²) in [6.45, 7) is 0.374. The Hall–Kier alpha value is -2.82. The minimum absolute atomic E-state index is 0.0291. The fraction of sp³-hybridized carbons (Fsp3) is 0.250. The van der Waals surface area contributed by atoms with Crippen molar-refractivity contribution in [1.29, 1.82) is 0 Å². The van der Waals surface area contributed by atoms with Gasteiger partial charge in [0.2, 0.25) is 15.8 Å². The van der Waals surface area contributed by atoms with Crippen molar-refractivity contribution in [3.8, 4) is 5.75 Å². The summed E-state index contributed by atoms with van der Waals surface area (Å²) < 4.78 is 26.9. The van der Waals surface area contributed by atoms with Crippen LogP contribution in [0.15, 0.2) is 41.3 Å². The van der Waals surface area contributed by atoms with E-state index in [1.54, 1.807) is 18.2 Å². The maximum atomic E-state index is 12.7. The Bertz CT molecular complexity index is 1390. The van der Waals surface area contributed by atoms with Gasteiger partial charge in [0.15, 0.2) is 5.69 Å². The van der Waals surface area contributed by atoms with Gasteiger partial charge in [0.05, 0.1) is 21.5 Å². The van der Waals surface area contributed by atoms with Crippen molar-refractivity contribution in [2.75, 3.05) is 16.6 Å². The molecule has 0 bridgehead atoms. The first kappa shape index (κ1) is 22.4. The number of hydrogen-bond donors (Lipinski definition) is 2. The van der Waals surface area contributed by atoms with Crippen LogP contribution in [0, 0.1) is 0 Å². The summed E-state index contributed by atoms with van der Waals surface area (Å²) in [6.07, 6.45) is 2.58. The molecule has 168 valence electrons. The number of aromatic nitrogens is 2. The molecular formula is C20H18Cl2N4O5S. The number of carbonyl (C=O) groups excluding carboxylic acids is 1. The molecule has 1 aromatic carbocycles. The van der Waals surface area contributed by atoms with Gasteiger partial charge in [0, 0.05) is 19.3 Å². The van der Waals surface area contributed by atoms with E-state index < -0.39 is 32.9 Å². The Balaban J connectivity index is 1.63. The van der Waals surface area contributed by atoms with E-state index >= 15 is 0 Å². The topological polar surface area (TPSA) is 121 Å². The van der Waals surface area contributed by atoms with E-state index in [2.05, 4.69) is 10.3 Å². The molecule has 1 amide bonds. The molecular weight excluding hydrogens is 479 g/mol. The molecule has 0 radical (unpaired) electrons. The van der Waals surface area contributed by atoms with Crippen molar-refractivity contribution in [1.82, 2.24) is 14.7 Å². The molecule has 9 nitrogen and oxygen atoms in total. The normalized spacial score (nSPS) is 15.6. The van der Waals surface area contributed by atoms with E-state index in [0.717, 1.165) is 4.40 Å². The molecule has 0 spiro atoms. The molecule has 2 aromatic heterocycles. The third-order valence-electron chi connectivity index (χ3n) is 5.07. The molecule has 0 atom stereocenters. The fourth-order valence-corrected chi connectivity index (χ4v) is 5.37. The second-order valence-corrected chi connectivity index (χ2v) is 10.1. The Kier molecular flexibility index (Phi) is 6.02. The molecule has 2 N–H and O–H groups in total. The van der Waals surface area contributed by atoms with Crippen LogP contribution in [0.1, 0.15) is 28.9 Å². The third kappa shape index (κ3) is 4.25. The molecule has 0 saturated carbocycles. The highest BCUT2D eigenvalue weighted by Crippen LogP contribution is 2.24. The lowest BCUT2D eigenvalue weighted by Gasteiger charge is -2.28. The van der Waals surface area contributed by atoms with Gasteiger partial charge in [-0.1, -0.05) is 29.3 Å². The quantitative estimate of drug-likeness (QED) is 0.572. The van der Waals surface area contributed by atoms with E-state index in [1.807, 2.05) is 0 Å². The van der Waals surface area contributed by atoms with E-state index in [0.29, 0.717) is 35.0 Å². The maximum Gasteiger partial charge on any atom is 0.300 e. The van der Waals surface area contributed by atoms with Crippen molar-refractivity contribution in [3.05, 3.63) is 68.2 Å². The molecule has 12 heteroatoms. The van der Waals surface area contributed by atoms with Crippen LogP contribution in [-0.2, 0) is 16.6 Å². The zero-order valence-electron chi connectivity index (χ0n) is 16.6. The number of rotatable bonds is 4. The number of nitrogens with one attached hydrogen (secondary N) is 1. The minimum Gasteiger partial charge on any atom is -0.501 e. The van der Waals surface area contributed by atoms with Gasteiger partial charge in [-0.2, -0.15) is 0 Å². The SMILES string of the molecule is O=C(NCc1ccc(Cl)c(Cl)c1)c1nc2ccc(N3CCCCS3(=O)=O)cn2c(=O)c1O. The van der Waals surface area contributed by atoms with Crippen LogP contribution >= 0.6 is 23.2 Å². The molecule has 32 heavy (non-hydrogen) atoms. The van der Waals surface area contributed by atoms with Gasteiger partial charge in [-0.15, -0.1) is 0 Å². The summed E-state index contributed by atoms with van der Waals surface area (Å²) in [5.41, 5.74) is -0.278. The van der Waals surface area contributed by atoms with Crippen molar-refractivity contribution in [3.63, 3.8) is 0 Å². The number of benzene rings is 1. The number of aromatic hydroxyl groups is 1. The van der Waals surface area contributed by atoms with E-state index in [1.165, 1.54) is 22.6 Å². The monoisotopic (exact) mass is 496 g/mol. The summed E-state index contributed by atoms with van der Waals surface area (Å²) in [5.74, 6) is -1.56. The third-order valence-corrected chi connectivity index (χ3v) is 7.68. The number of anilines is 1. The van der Waals surface area contributed by atoms with Crippen molar-refractivity contribution in [2.24, 2.45) is 0 Å². The molecule has 3 aromatic rings. The number of halogens is 2. The predicted molar refractivity (Wildman–Crippen MR) is 121 cm³/mol. The van der Waals surface area contributed by atoms with Crippen LogP contribution in [0.2, 0.25) is 10.0 Å². The standard InChI is InChI=1S/C20H18Cl2N4O5S/c21-14-5-3-12(9-15(14)22)10-23-19(28)17-18(27)20(29)25-11-13(4-6-16(25)24-17)26-7-1-2-8-32(26,30)31/h3-6,9,11,27H,1-2,7-8,10H2,(H,23,28). The second-order valence-electron chi connectivity index (χ2n) is 7.26. The number of carbonyl (C=O) groups is 1. The van der Waals surface area contributed by atoms with Gasteiger partial charge >= 0.3 is 5.56 Å². The predicted octanol–water partition coefficient (Wildman–Crippen LogP) is 2.57. The first-order valence-electron chi connectivity index (χ1n) is 9.65. The van der Waals surface area contributed by atoms with Crippen molar-refractivity contribution < 1.29 is 18.3 Å².